The molecule has 200 valence electrons. The molecule has 2 aromatic rings. The Morgan fingerprint density at radius 1 is 1.14 bits per heavy atom. The van der Waals surface area contributed by atoms with Gasteiger partial charge in [-0.05, 0) is 31.2 Å². The number of ether oxygens (including phenoxy) is 3. The van der Waals surface area contributed by atoms with Crippen molar-refractivity contribution < 1.29 is 45.3 Å². The number of fused-ring (bicyclic) bond motifs is 1. The molecule has 0 spiro atoms. The molecule has 0 radical (unpaired) electrons. The number of carbonyl (C=O) groups is 1. The van der Waals surface area contributed by atoms with Gasteiger partial charge >= 0.3 is 18.3 Å². The summed E-state index contributed by atoms with van der Waals surface area (Å²) >= 11 is 6.39. The van der Waals surface area contributed by atoms with Gasteiger partial charge in [-0.1, -0.05) is 23.7 Å². The molecule has 1 aliphatic heterocycles. The molecule has 1 unspecified atom stereocenters. The number of methoxy groups -OCH3 is 1. The Balaban J connectivity index is 2.34. The van der Waals surface area contributed by atoms with Crippen LogP contribution in [0.15, 0.2) is 36.4 Å². The highest BCUT2D eigenvalue weighted by molar-refractivity contribution is 6.33. The second-order valence-corrected chi connectivity index (χ2v) is 8.09. The molecule has 1 aliphatic rings. The first kappa shape index (κ1) is 28.3. The van der Waals surface area contributed by atoms with Gasteiger partial charge in [-0.3, -0.25) is 20.5 Å². The molecular weight excluding hydrogens is 532 g/mol. The first-order valence-corrected chi connectivity index (χ1v) is 11.0. The minimum Gasteiger partial charge on any atom is -0.495 e. The van der Waals surface area contributed by atoms with Gasteiger partial charge in [0.15, 0.2) is 0 Å². The lowest BCUT2D eigenvalue weighted by Crippen LogP contribution is -2.48. The van der Waals surface area contributed by atoms with E-state index >= 15 is 0 Å². The van der Waals surface area contributed by atoms with Crippen LogP contribution in [0.3, 0.4) is 0 Å². The summed E-state index contributed by atoms with van der Waals surface area (Å²) in [4.78, 5) is 12.3. The van der Waals surface area contributed by atoms with Gasteiger partial charge in [-0.15, -0.1) is 0 Å². The lowest BCUT2D eigenvalue weighted by molar-refractivity contribution is -0.145. The molecular formula is C23H20ClF6N3O4. The van der Waals surface area contributed by atoms with Gasteiger partial charge in [0.2, 0.25) is 5.84 Å². The molecule has 0 saturated heterocycles. The smallest absolute Gasteiger partial charge is 0.449 e. The van der Waals surface area contributed by atoms with E-state index in [1.807, 2.05) is 0 Å². The van der Waals surface area contributed by atoms with E-state index in [1.165, 1.54) is 32.2 Å². The number of nitrogens with zero attached hydrogens (tertiary/aromatic N) is 1. The summed E-state index contributed by atoms with van der Waals surface area (Å²) in [5.41, 5.74) is -2.25. The quantitative estimate of drug-likeness (QED) is 0.202. The number of anilines is 1. The molecule has 37 heavy (non-hydrogen) atoms. The first-order valence-electron chi connectivity index (χ1n) is 10.6. The van der Waals surface area contributed by atoms with Crippen LogP contribution in [0.5, 0.6) is 5.75 Å². The van der Waals surface area contributed by atoms with Gasteiger partial charge in [0.05, 0.1) is 36.4 Å². The summed E-state index contributed by atoms with van der Waals surface area (Å²) in [6.07, 6.45) is -14.3. The molecule has 2 N–H and O–H groups in total. The van der Waals surface area contributed by atoms with E-state index in [-0.39, 0.29) is 27.8 Å². The maximum atomic E-state index is 13.7. The number of carbonyl (C=O) groups excluding carboxylic acids is 1. The van der Waals surface area contributed by atoms with Crippen molar-refractivity contribution in [3.8, 4) is 5.75 Å². The van der Waals surface area contributed by atoms with Gasteiger partial charge in [-0.25, -0.2) is 0 Å². The minimum atomic E-state index is -5.30. The average molecular weight is 552 g/mol. The van der Waals surface area contributed by atoms with Crippen molar-refractivity contribution in [3.63, 3.8) is 0 Å². The zero-order valence-electron chi connectivity index (χ0n) is 19.3. The second-order valence-electron chi connectivity index (χ2n) is 7.72. The molecule has 2 atom stereocenters. The summed E-state index contributed by atoms with van der Waals surface area (Å²) in [7, 11) is 1.28. The van der Waals surface area contributed by atoms with Gasteiger partial charge in [-0.2, -0.15) is 26.3 Å². The Labute approximate surface area is 211 Å². The fourth-order valence-corrected chi connectivity index (χ4v) is 4.03. The van der Waals surface area contributed by atoms with E-state index in [2.05, 4.69) is 0 Å². The maximum absolute atomic E-state index is 13.7. The highest BCUT2D eigenvalue weighted by Crippen LogP contribution is 2.45. The molecule has 0 bridgehead atoms. The Bertz CT molecular complexity index is 1220. The number of amidine groups is 2. The van der Waals surface area contributed by atoms with Crippen molar-refractivity contribution in [2.24, 2.45) is 0 Å². The van der Waals surface area contributed by atoms with Crippen LogP contribution in [0.2, 0.25) is 5.02 Å². The van der Waals surface area contributed by atoms with Crippen molar-refractivity contribution in [3.05, 3.63) is 58.1 Å². The number of halogens is 7. The highest BCUT2D eigenvalue weighted by atomic mass is 35.5. The van der Waals surface area contributed by atoms with Crippen LogP contribution in [0.1, 0.15) is 36.1 Å². The molecule has 3 rings (SSSR count). The van der Waals surface area contributed by atoms with Crippen molar-refractivity contribution >= 4 is 34.9 Å². The van der Waals surface area contributed by atoms with Crippen LogP contribution in [-0.4, -0.2) is 43.6 Å². The van der Waals surface area contributed by atoms with E-state index in [0.29, 0.717) is 18.2 Å². The lowest BCUT2D eigenvalue weighted by atomic mass is 9.96. The molecule has 0 fully saturated rings. The van der Waals surface area contributed by atoms with Crippen molar-refractivity contribution in [2.45, 2.75) is 37.9 Å². The molecule has 0 aromatic heterocycles. The molecule has 14 heteroatoms. The predicted molar refractivity (Wildman–Crippen MR) is 121 cm³/mol. The molecule has 0 aliphatic carbocycles. The molecule has 7 nitrogen and oxygen atoms in total. The Morgan fingerprint density at radius 2 is 1.81 bits per heavy atom. The third-order valence-corrected chi connectivity index (χ3v) is 5.77. The van der Waals surface area contributed by atoms with E-state index in [0.717, 1.165) is 0 Å². The zero-order valence-corrected chi connectivity index (χ0v) is 20.0. The van der Waals surface area contributed by atoms with E-state index in [9.17, 15) is 31.1 Å². The Morgan fingerprint density at radius 3 is 2.38 bits per heavy atom. The number of nitrogens with one attached hydrogen (secondary N) is 2. The SMILES string of the molecule is CCOC(=O)C[C@@H]1OC(c2cccc(OC)c2Cl)c2cc(C(F)(F)F)ccc2N(C(=N)C(F)(F)F)C1=N. The number of hydrogen-bond donors (Lipinski definition) is 2. The van der Waals surface area contributed by atoms with E-state index in [1.54, 1.807) is 0 Å². The number of benzene rings is 2. The summed E-state index contributed by atoms with van der Waals surface area (Å²) < 4.78 is 97.7. The second kappa shape index (κ2) is 10.6. The topological polar surface area (TPSA) is 95.7 Å². The number of esters is 1. The normalized spacial score (nSPS) is 18.2. The van der Waals surface area contributed by atoms with Gasteiger partial charge in [0, 0.05) is 11.1 Å². The average Bonchev–Trinajstić information content (AvgIpc) is 2.92. The van der Waals surface area contributed by atoms with Crippen LogP contribution in [0.4, 0.5) is 32.0 Å². The monoisotopic (exact) mass is 551 g/mol. The van der Waals surface area contributed by atoms with Crippen LogP contribution >= 0.6 is 11.6 Å². The largest absolute Gasteiger partial charge is 0.495 e. The van der Waals surface area contributed by atoms with Crippen LogP contribution < -0.4 is 9.64 Å². The predicted octanol–water partition coefficient (Wildman–Crippen LogP) is 6.13. The fraction of sp³-hybridized carbons (Fsp3) is 0.348. The van der Waals surface area contributed by atoms with E-state index in [4.69, 9.17) is 36.6 Å². The molecule has 0 saturated carbocycles. The van der Waals surface area contributed by atoms with Crippen LogP contribution in [0, 0.1) is 10.8 Å². The third kappa shape index (κ3) is 5.82. The van der Waals surface area contributed by atoms with Crippen molar-refractivity contribution in [1.29, 1.82) is 10.8 Å². The first-order chi connectivity index (χ1) is 17.2. The van der Waals surface area contributed by atoms with Gasteiger partial charge < -0.3 is 14.2 Å². The van der Waals surface area contributed by atoms with Gasteiger partial charge in [0.1, 0.15) is 23.8 Å². The minimum absolute atomic E-state index is 0.00337. The fourth-order valence-electron chi connectivity index (χ4n) is 3.73. The Hall–Kier alpha value is -3.32. The summed E-state index contributed by atoms with van der Waals surface area (Å²) in [5, 5.41) is 16.1. The third-order valence-electron chi connectivity index (χ3n) is 5.37. The lowest BCUT2D eigenvalue weighted by Gasteiger charge is -2.28. The number of rotatable bonds is 5. The number of alkyl halides is 6. The zero-order chi connectivity index (χ0) is 27.7. The van der Waals surface area contributed by atoms with Gasteiger partial charge in [0.25, 0.3) is 0 Å². The maximum Gasteiger partial charge on any atom is 0.449 e. The molecule has 1 heterocycles. The summed E-state index contributed by atoms with van der Waals surface area (Å²) in [6.45, 7) is 1.40. The summed E-state index contributed by atoms with van der Waals surface area (Å²) in [5.74, 6) is -3.91. The Kier molecular flexibility index (Phi) is 8.08. The standard InChI is InChI=1S/C23H20ClF6N3O4/c1-3-36-17(34)10-16-20(31)33(21(32)23(28,29)30)14-8-7-11(22(25,26)27)9-13(14)19(37-16)12-5-4-6-15(35-2)18(12)24/h4-9,16,19,31-32H,3,10H2,1-2H3/t16-,19?/m0/s1. The van der Waals surface area contributed by atoms with Crippen molar-refractivity contribution in [2.75, 3.05) is 18.6 Å². The van der Waals surface area contributed by atoms with Crippen LogP contribution in [-0.2, 0) is 20.4 Å². The van der Waals surface area contributed by atoms with E-state index < -0.39 is 65.4 Å². The van der Waals surface area contributed by atoms with Crippen molar-refractivity contribution in [1.82, 2.24) is 0 Å². The molecule has 2 aromatic carbocycles. The summed E-state index contributed by atoms with van der Waals surface area (Å²) in [6, 6.07) is 6.03. The number of hydrogen-bond acceptors (Lipinski definition) is 6. The van der Waals surface area contributed by atoms with Crippen LogP contribution in [0.25, 0.3) is 0 Å². The molecule has 0 amide bonds. The highest BCUT2D eigenvalue weighted by Gasteiger charge is 2.46.